The van der Waals surface area contributed by atoms with Gasteiger partial charge in [-0.2, -0.15) is 0 Å². The standard InChI is InChI=1S/C10H16ClF2NO/c1-7(11)9(15)14-5-3-8(4-6-14)10(2,12)13/h7-8H,3-6H2,1-2H3. The van der Waals surface area contributed by atoms with E-state index < -0.39 is 17.2 Å². The van der Waals surface area contributed by atoms with Crippen molar-refractivity contribution in [2.24, 2.45) is 5.92 Å². The van der Waals surface area contributed by atoms with Crippen LogP contribution in [0, 0.1) is 5.92 Å². The molecular weight excluding hydrogens is 224 g/mol. The van der Waals surface area contributed by atoms with Crippen LogP contribution in [0.5, 0.6) is 0 Å². The normalized spacial score (nSPS) is 21.5. The first-order valence-corrected chi connectivity index (χ1v) is 5.56. The summed E-state index contributed by atoms with van der Waals surface area (Å²) in [5.74, 6) is -3.40. The van der Waals surface area contributed by atoms with Gasteiger partial charge in [0.15, 0.2) is 0 Å². The van der Waals surface area contributed by atoms with Gasteiger partial charge in [0, 0.05) is 19.0 Å². The molecule has 0 aromatic heterocycles. The van der Waals surface area contributed by atoms with Crippen molar-refractivity contribution in [3.63, 3.8) is 0 Å². The van der Waals surface area contributed by atoms with E-state index in [0.29, 0.717) is 25.9 Å². The molecule has 0 saturated carbocycles. The van der Waals surface area contributed by atoms with Gasteiger partial charge in [0.1, 0.15) is 5.38 Å². The fourth-order valence-corrected chi connectivity index (χ4v) is 2.00. The van der Waals surface area contributed by atoms with Crippen LogP contribution < -0.4 is 0 Å². The lowest BCUT2D eigenvalue weighted by atomic mass is 9.91. The Morgan fingerprint density at radius 1 is 1.47 bits per heavy atom. The van der Waals surface area contributed by atoms with Gasteiger partial charge in [-0.05, 0) is 26.7 Å². The number of nitrogens with zero attached hydrogens (tertiary/aromatic N) is 1. The lowest BCUT2D eigenvalue weighted by Gasteiger charge is -2.35. The number of rotatable bonds is 2. The van der Waals surface area contributed by atoms with E-state index in [9.17, 15) is 13.6 Å². The summed E-state index contributed by atoms with van der Waals surface area (Å²) < 4.78 is 25.9. The first kappa shape index (κ1) is 12.7. The SMILES string of the molecule is CC(Cl)C(=O)N1CCC(C(C)(F)F)CC1. The molecule has 2 nitrogen and oxygen atoms in total. The summed E-state index contributed by atoms with van der Waals surface area (Å²) in [6, 6.07) is 0. The molecule has 1 saturated heterocycles. The van der Waals surface area contributed by atoms with Crippen LogP contribution in [0.3, 0.4) is 0 Å². The molecule has 1 aliphatic heterocycles. The fourth-order valence-electron chi connectivity index (χ4n) is 1.86. The quantitative estimate of drug-likeness (QED) is 0.678. The van der Waals surface area contributed by atoms with E-state index >= 15 is 0 Å². The molecule has 1 unspecified atom stereocenters. The molecule has 1 rings (SSSR count). The molecule has 0 aromatic rings. The van der Waals surface area contributed by atoms with Crippen molar-refractivity contribution in [1.29, 1.82) is 0 Å². The van der Waals surface area contributed by atoms with Crippen molar-refractivity contribution < 1.29 is 13.6 Å². The van der Waals surface area contributed by atoms with Crippen molar-refractivity contribution in [3.8, 4) is 0 Å². The zero-order valence-electron chi connectivity index (χ0n) is 8.97. The van der Waals surface area contributed by atoms with Crippen LogP contribution >= 0.6 is 11.6 Å². The molecular formula is C10H16ClF2NO. The summed E-state index contributed by atoms with van der Waals surface area (Å²) in [4.78, 5) is 13.0. The molecule has 1 atom stereocenters. The highest BCUT2D eigenvalue weighted by Crippen LogP contribution is 2.32. The van der Waals surface area contributed by atoms with E-state index in [1.807, 2.05) is 0 Å². The van der Waals surface area contributed by atoms with Gasteiger partial charge in [0.05, 0.1) is 0 Å². The van der Waals surface area contributed by atoms with E-state index in [0.717, 1.165) is 6.92 Å². The highest BCUT2D eigenvalue weighted by Gasteiger charge is 2.37. The minimum atomic E-state index is -2.64. The maximum absolute atomic E-state index is 13.0. The van der Waals surface area contributed by atoms with Crippen LogP contribution in [0.25, 0.3) is 0 Å². The molecule has 0 aliphatic carbocycles. The number of carbonyl (C=O) groups is 1. The Morgan fingerprint density at radius 2 is 1.93 bits per heavy atom. The summed E-state index contributed by atoms with van der Waals surface area (Å²) in [5.41, 5.74) is 0. The van der Waals surface area contributed by atoms with Gasteiger partial charge in [0.25, 0.3) is 0 Å². The number of halogens is 3. The number of piperidine rings is 1. The summed E-state index contributed by atoms with van der Waals surface area (Å²) in [5, 5.41) is -0.566. The van der Waals surface area contributed by atoms with Crippen molar-refractivity contribution in [2.45, 2.75) is 38.0 Å². The van der Waals surface area contributed by atoms with Gasteiger partial charge in [-0.1, -0.05) is 0 Å². The van der Waals surface area contributed by atoms with E-state index in [2.05, 4.69) is 0 Å². The molecule has 0 aromatic carbocycles. The lowest BCUT2D eigenvalue weighted by molar-refractivity contribution is -0.134. The zero-order chi connectivity index (χ0) is 11.6. The van der Waals surface area contributed by atoms with Gasteiger partial charge < -0.3 is 4.90 Å². The number of hydrogen-bond acceptors (Lipinski definition) is 1. The third-order valence-corrected chi connectivity index (χ3v) is 3.05. The first-order valence-electron chi connectivity index (χ1n) is 5.13. The first-order chi connectivity index (χ1) is 6.82. The minimum absolute atomic E-state index is 0.158. The predicted molar refractivity (Wildman–Crippen MR) is 55.2 cm³/mol. The Hall–Kier alpha value is -0.380. The molecule has 0 N–H and O–H groups in total. The van der Waals surface area contributed by atoms with E-state index in [-0.39, 0.29) is 5.91 Å². The smallest absolute Gasteiger partial charge is 0.248 e. The highest BCUT2D eigenvalue weighted by atomic mass is 35.5. The maximum Gasteiger partial charge on any atom is 0.248 e. The number of carbonyl (C=O) groups excluding carboxylic acids is 1. The molecule has 1 amide bonds. The summed E-state index contributed by atoms with van der Waals surface area (Å²) in [6.07, 6.45) is 0.720. The zero-order valence-corrected chi connectivity index (χ0v) is 9.73. The highest BCUT2D eigenvalue weighted by molar-refractivity contribution is 6.30. The van der Waals surface area contributed by atoms with Gasteiger partial charge in [-0.25, -0.2) is 8.78 Å². The van der Waals surface area contributed by atoms with Crippen molar-refractivity contribution in [1.82, 2.24) is 4.90 Å². The molecule has 0 bridgehead atoms. The number of amides is 1. The molecule has 88 valence electrons. The summed E-state index contributed by atoms with van der Waals surface area (Å²) >= 11 is 5.65. The Labute approximate surface area is 93.6 Å². The van der Waals surface area contributed by atoms with Crippen molar-refractivity contribution in [2.75, 3.05) is 13.1 Å². The Bertz CT molecular complexity index is 232. The Morgan fingerprint density at radius 3 is 2.27 bits per heavy atom. The molecule has 15 heavy (non-hydrogen) atoms. The number of likely N-dealkylation sites (tertiary alicyclic amines) is 1. The van der Waals surface area contributed by atoms with Crippen molar-refractivity contribution >= 4 is 17.5 Å². The minimum Gasteiger partial charge on any atom is -0.341 e. The number of hydrogen-bond donors (Lipinski definition) is 0. The van der Waals surface area contributed by atoms with Crippen LogP contribution in [-0.2, 0) is 4.79 Å². The second-order valence-corrected chi connectivity index (χ2v) is 4.83. The van der Waals surface area contributed by atoms with Crippen LogP contribution in [0.2, 0.25) is 0 Å². The van der Waals surface area contributed by atoms with Crippen molar-refractivity contribution in [3.05, 3.63) is 0 Å². The number of alkyl halides is 3. The van der Waals surface area contributed by atoms with Gasteiger partial charge in [-0.3, -0.25) is 4.79 Å². The molecule has 5 heteroatoms. The monoisotopic (exact) mass is 239 g/mol. The van der Waals surface area contributed by atoms with E-state index in [1.165, 1.54) is 0 Å². The van der Waals surface area contributed by atoms with Crippen LogP contribution in [0.15, 0.2) is 0 Å². The van der Waals surface area contributed by atoms with Gasteiger partial charge >= 0.3 is 0 Å². The molecule has 0 radical (unpaired) electrons. The molecule has 1 aliphatic rings. The van der Waals surface area contributed by atoms with Crippen LogP contribution in [0.1, 0.15) is 26.7 Å². The average molecular weight is 240 g/mol. The van der Waals surface area contributed by atoms with E-state index in [1.54, 1.807) is 11.8 Å². The third kappa shape index (κ3) is 3.30. The Kier molecular flexibility index (Phi) is 3.93. The topological polar surface area (TPSA) is 20.3 Å². The van der Waals surface area contributed by atoms with Gasteiger partial charge in [-0.15, -0.1) is 11.6 Å². The second kappa shape index (κ2) is 4.64. The predicted octanol–water partition coefficient (Wildman–Crippen LogP) is 2.51. The third-order valence-electron chi connectivity index (χ3n) is 2.86. The molecule has 1 fully saturated rings. The lowest BCUT2D eigenvalue weighted by Crippen LogP contribution is -2.44. The summed E-state index contributed by atoms with van der Waals surface area (Å²) in [6.45, 7) is 3.33. The summed E-state index contributed by atoms with van der Waals surface area (Å²) in [7, 11) is 0. The maximum atomic E-state index is 13.0. The fraction of sp³-hybridized carbons (Fsp3) is 0.900. The largest absolute Gasteiger partial charge is 0.341 e. The Balaban J connectivity index is 2.46. The van der Waals surface area contributed by atoms with Crippen LogP contribution in [-0.4, -0.2) is 35.2 Å². The molecule has 1 heterocycles. The second-order valence-electron chi connectivity index (χ2n) is 4.17. The average Bonchev–Trinajstić information content (AvgIpc) is 2.15. The van der Waals surface area contributed by atoms with E-state index in [4.69, 9.17) is 11.6 Å². The van der Waals surface area contributed by atoms with Crippen LogP contribution in [0.4, 0.5) is 8.78 Å². The van der Waals surface area contributed by atoms with Gasteiger partial charge in [0.2, 0.25) is 11.8 Å². The molecule has 0 spiro atoms.